The normalized spacial score (nSPS) is 26.2. The molecule has 1 fully saturated rings. The Bertz CT molecular complexity index is 174. The molecule has 0 aromatic rings. The number of rotatable bonds is 4. The van der Waals surface area contributed by atoms with Gasteiger partial charge in [0.05, 0.1) is 12.2 Å². The molecular weight excluding hydrogens is 152 g/mol. The van der Waals surface area contributed by atoms with Crippen molar-refractivity contribution in [3.05, 3.63) is 11.6 Å². The molecule has 0 unspecified atom stereocenters. The van der Waals surface area contributed by atoms with Crippen molar-refractivity contribution in [2.45, 2.75) is 45.3 Å². The van der Waals surface area contributed by atoms with Crippen LogP contribution in [-0.2, 0) is 4.74 Å². The maximum absolute atomic E-state index is 9.81. The highest BCUT2D eigenvalue weighted by Gasteiger charge is 2.40. The van der Waals surface area contributed by atoms with Crippen LogP contribution in [0, 0.1) is 0 Å². The first kappa shape index (κ1) is 9.75. The van der Waals surface area contributed by atoms with Crippen molar-refractivity contribution in [3.63, 3.8) is 0 Å². The van der Waals surface area contributed by atoms with Gasteiger partial charge in [-0.15, -0.1) is 0 Å². The predicted octanol–water partition coefficient (Wildman–Crippen LogP) is 1.88. The summed E-state index contributed by atoms with van der Waals surface area (Å²) in [6.07, 6.45) is 3.97. The Balaban J connectivity index is 2.25. The summed E-state index contributed by atoms with van der Waals surface area (Å²) in [6, 6.07) is 0. The summed E-state index contributed by atoms with van der Waals surface area (Å²) in [7, 11) is 0. The summed E-state index contributed by atoms with van der Waals surface area (Å²) >= 11 is 0. The Morgan fingerprint density at radius 2 is 2.25 bits per heavy atom. The van der Waals surface area contributed by atoms with Crippen molar-refractivity contribution in [3.8, 4) is 0 Å². The summed E-state index contributed by atoms with van der Waals surface area (Å²) in [5, 5.41) is 9.81. The maximum Gasteiger partial charge on any atom is 0.109 e. The summed E-state index contributed by atoms with van der Waals surface area (Å²) in [5.74, 6) is 0. The molecule has 1 aliphatic rings. The van der Waals surface area contributed by atoms with Gasteiger partial charge in [-0.1, -0.05) is 11.6 Å². The quantitative estimate of drug-likeness (QED) is 0.516. The third-order valence-corrected chi connectivity index (χ3v) is 2.23. The highest BCUT2D eigenvalue weighted by Crippen LogP contribution is 2.28. The van der Waals surface area contributed by atoms with Crippen molar-refractivity contribution >= 4 is 0 Å². The largest absolute Gasteiger partial charge is 0.387 e. The molecular formula is C10H18O2. The number of hydrogen-bond donors (Lipinski definition) is 1. The predicted molar refractivity (Wildman–Crippen MR) is 49.0 cm³/mol. The zero-order valence-corrected chi connectivity index (χ0v) is 8.13. The minimum atomic E-state index is -0.619. The summed E-state index contributed by atoms with van der Waals surface area (Å²) in [5.41, 5.74) is 0.689. The van der Waals surface area contributed by atoms with Crippen LogP contribution in [0.1, 0.15) is 33.6 Å². The average Bonchev–Trinajstić information content (AvgIpc) is 2.65. The van der Waals surface area contributed by atoms with Crippen LogP contribution in [-0.4, -0.2) is 23.4 Å². The van der Waals surface area contributed by atoms with Gasteiger partial charge in [0, 0.05) is 0 Å². The van der Waals surface area contributed by atoms with Crippen molar-refractivity contribution in [2.24, 2.45) is 0 Å². The Kier molecular flexibility index (Phi) is 2.91. The Labute approximate surface area is 74.2 Å². The molecule has 0 bridgehead atoms. The second-order valence-corrected chi connectivity index (χ2v) is 4.00. The van der Waals surface area contributed by atoms with E-state index in [9.17, 15) is 5.11 Å². The van der Waals surface area contributed by atoms with Crippen LogP contribution in [0.5, 0.6) is 0 Å². The first-order valence-corrected chi connectivity index (χ1v) is 4.50. The van der Waals surface area contributed by atoms with Gasteiger partial charge in [0.2, 0.25) is 0 Å². The van der Waals surface area contributed by atoms with E-state index in [0.717, 1.165) is 19.4 Å². The molecule has 1 rings (SSSR count). The van der Waals surface area contributed by atoms with Crippen molar-refractivity contribution in [1.82, 2.24) is 0 Å². The molecule has 12 heavy (non-hydrogen) atoms. The number of aliphatic hydroxyl groups is 1. The van der Waals surface area contributed by atoms with Gasteiger partial charge in [-0.3, -0.25) is 0 Å². The molecule has 0 aromatic carbocycles. The van der Waals surface area contributed by atoms with Crippen LogP contribution in [0.3, 0.4) is 0 Å². The fraction of sp³-hybridized carbons (Fsp3) is 0.800. The lowest BCUT2D eigenvalue weighted by molar-refractivity contribution is 0.0225. The third-order valence-electron chi connectivity index (χ3n) is 2.23. The molecule has 0 saturated carbocycles. The summed E-state index contributed by atoms with van der Waals surface area (Å²) in [4.78, 5) is 0. The van der Waals surface area contributed by atoms with Crippen LogP contribution in [0.15, 0.2) is 11.6 Å². The number of epoxide rings is 1. The third kappa shape index (κ3) is 2.95. The van der Waals surface area contributed by atoms with E-state index in [4.69, 9.17) is 4.74 Å². The van der Waals surface area contributed by atoms with Crippen molar-refractivity contribution in [2.75, 3.05) is 6.61 Å². The molecule has 0 aliphatic carbocycles. The number of hydrogen-bond acceptors (Lipinski definition) is 2. The van der Waals surface area contributed by atoms with Crippen LogP contribution < -0.4 is 0 Å². The SMILES string of the molecule is CC(C)=CCC[C@](C)(O)[C@@H]1CO1. The minimum absolute atomic E-state index is 0.0862. The topological polar surface area (TPSA) is 32.8 Å². The van der Waals surface area contributed by atoms with Gasteiger partial charge < -0.3 is 9.84 Å². The molecule has 0 spiro atoms. The van der Waals surface area contributed by atoms with Crippen molar-refractivity contribution in [1.29, 1.82) is 0 Å². The highest BCUT2D eigenvalue weighted by atomic mass is 16.6. The number of ether oxygens (including phenoxy) is 1. The Morgan fingerprint density at radius 1 is 1.67 bits per heavy atom. The molecule has 1 heterocycles. The van der Waals surface area contributed by atoms with Gasteiger partial charge in [-0.05, 0) is 33.6 Å². The van der Waals surface area contributed by atoms with Crippen LogP contribution in [0.2, 0.25) is 0 Å². The van der Waals surface area contributed by atoms with Crippen molar-refractivity contribution < 1.29 is 9.84 Å². The highest BCUT2D eigenvalue weighted by molar-refractivity contribution is 4.97. The zero-order valence-electron chi connectivity index (χ0n) is 8.13. The van der Waals surface area contributed by atoms with Gasteiger partial charge in [0.15, 0.2) is 0 Å². The molecule has 2 nitrogen and oxygen atoms in total. The fourth-order valence-electron chi connectivity index (χ4n) is 1.22. The summed E-state index contributed by atoms with van der Waals surface area (Å²) < 4.78 is 5.06. The lowest BCUT2D eigenvalue weighted by Crippen LogP contribution is -2.30. The van der Waals surface area contributed by atoms with Gasteiger partial charge in [0.25, 0.3) is 0 Å². The van der Waals surface area contributed by atoms with E-state index >= 15 is 0 Å². The van der Waals surface area contributed by atoms with E-state index in [1.54, 1.807) is 0 Å². The standard InChI is InChI=1S/C10H18O2/c1-8(2)5-4-6-10(3,11)9-7-12-9/h5,9,11H,4,6-7H2,1-3H3/t9-,10-/m0/s1. The minimum Gasteiger partial charge on any atom is -0.387 e. The molecule has 2 heteroatoms. The first-order valence-electron chi connectivity index (χ1n) is 4.50. The monoisotopic (exact) mass is 170 g/mol. The molecule has 0 amide bonds. The average molecular weight is 170 g/mol. The molecule has 0 radical (unpaired) electrons. The molecule has 1 N–H and O–H groups in total. The molecule has 2 atom stereocenters. The molecule has 70 valence electrons. The van der Waals surface area contributed by atoms with E-state index in [0.29, 0.717) is 0 Å². The van der Waals surface area contributed by atoms with E-state index in [1.165, 1.54) is 5.57 Å². The van der Waals surface area contributed by atoms with Crippen LogP contribution in [0.4, 0.5) is 0 Å². The smallest absolute Gasteiger partial charge is 0.109 e. The zero-order chi connectivity index (χ0) is 9.19. The van der Waals surface area contributed by atoms with E-state index in [1.807, 2.05) is 6.92 Å². The number of allylic oxidation sites excluding steroid dienone is 2. The Morgan fingerprint density at radius 3 is 2.67 bits per heavy atom. The maximum atomic E-state index is 9.81. The fourth-order valence-corrected chi connectivity index (χ4v) is 1.22. The van der Waals surface area contributed by atoms with E-state index in [2.05, 4.69) is 19.9 Å². The second kappa shape index (κ2) is 3.58. The molecule has 1 aliphatic heterocycles. The van der Waals surface area contributed by atoms with Gasteiger partial charge >= 0.3 is 0 Å². The van der Waals surface area contributed by atoms with E-state index in [-0.39, 0.29) is 6.10 Å². The lowest BCUT2D eigenvalue weighted by atomic mass is 9.96. The van der Waals surface area contributed by atoms with Crippen LogP contribution in [0.25, 0.3) is 0 Å². The second-order valence-electron chi connectivity index (χ2n) is 4.00. The Hall–Kier alpha value is -0.340. The lowest BCUT2D eigenvalue weighted by Gasteiger charge is -2.19. The van der Waals surface area contributed by atoms with Gasteiger partial charge in [-0.25, -0.2) is 0 Å². The van der Waals surface area contributed by atoms with Crippen LogP contribution >= 0.6 is 0 Å². The van der Waals surface area contributed by atoms with E-state index < -0.39 is 5.60 Å². The van der Waals surface area contributed by atoms with Gasteiger partial charge in [0.1, 0.15) is 6.10 Å². The molecule has 0 aromatic heterocycles. The first-order chi connectivity index (χ1) is 5.52. The summed E-state index contributed by atoms with van der Waals surface area (Å²) in [6.45, 7) is 6.72. The van der Waals surface area contributed by atoms with Gasteiger partial charge in [-0.2, -0.15) is 0 Å². The molecule has 1 saturated heterocycles.